The van der Waals surface area contributed by atoms with Crippen molar-refractivity contribution in [2.75, 3.05) is 11.9 Å². The van der Waals surface area contributed by atoms with Gasteiger partial charge in [0.2, 0.25) is 5.91 Å². The summed E-state index contributed by atoms with van der Waals surface area (Å²) < 4.78 is 5.50. The van der Waals surface area contributed by atoms with Gasteiger partial charge in [0.1, 0.15) is 5.75 Å². The standard InChI is InChI=1S/C17H24N2O3/c1-12-6-3-4-9-16(12)19-17(21)11-22-15-8-5-7-14(10-15)18-13(2)20/h5,7-8,10,12,16H,3-4,6,9,11H2,1-2H3,(H,18,20)(H,19,21)/t12-,16-/m0/s1. The third kappa shape index (κ3) is 5.06. The summed E-state index contributed by atoms with van der Waals surface area (Å²) in [5.74, 6) is 0.865. The Labute approximate surface area is 131 Å². The Bertz CT molecular complexity index is 530. The van der Waals surface area contributed by atoms with Crippen LogP contribution in [0.3, 0.4) is 0 Å². The Morgan fingerprint density at radius 3 is 2.77 bits per heavy atom. The quantitative estimate of drug-likeness (QED) is 0.879. The lowest BCUT2D eigenvalue weighted by molar-refractivity contribution is -0.124. The molecule has 5 heteroatoms. The van der Waals surface area contributed by atoms with E-state index in [0.717, 1.165) is 6.42 Å². The van der Waals surface area contributed by atoms with E-state index in [0.29, 0.717) is 17.4 Å². The fraction of sp³-hybridized carbons (Fsp3) is 0.529. The molecule has 2 atom stereocenters. The lowest BCUT2D eigenvalue weighted by Gasteiger charge is -2.29. The van der Waals surface area contributed by atoms with Crippen LogP contribution in [0.4, 0.5) is 5.69 Å². The molecule has 2 amide bonds. The summed E-state index contributed by atoms with van der Waals surface area (Å²) in [6.45, 7) is 3.63. The number of ether oxygens (including phenoxy) is 1. The van der Waals surface area contributed by atoms with E-state index in [4.69, 9.17) is 4.74 Å². The molecular weight excluding hydrogens is 280 g/mol. The molecule has 0 unspecified atom stereocenters. The third-order valence-corrected chi connectivity index (χ3v) is 3.98. The smallest absolute Gasteiger partial charge is 0.258 e. The molecular formula is C17H24N2O3. The van der Waals surface area contributed by atoms with Gasteiger partial charge in [-0.25, -0.2) is 0 Å². The molecule has 2 rings (SSSR count). The van der Waals surface area contributed by atoms with Gasteiger partial charge in [-0.2, -0.15) is 0 Å². The molecule has 2 N–H and O–H groups in total. The zero-order valence-electron chi connectivity index (χ0n) is 13.2. The highest BCUT2D eigenvalue weighted by molar-refractivity contribution is 5.88. The molecule has 5 nitrogen and oxygen atoms in total. The fourth-order valence-electron chi connectivity index (χ4n) is 2.79. The van der Waals surface area contributed by atoms with E-state index in [9.17, 15) is 9.59 Å². The maximum absolute atomic E-state index is 12.0. The summed E-state index contributed by atoms with van der Waals surface area (Å²) in [5, 5.41) is 5.74. The Kier molecular flexibility index (Phi) is 5.81. The molecule has 22 heavy (non-hydrogen) atoms. The molecule has 0 aromatic heterocycles. The van der Waals surface area contributed by atoms with E-state index >= 15 is 0 Å². The number of amides is 2. The Morgan fingerprint density at radius 1 is 1.27 bits per heavy atom. The summed E-state index contributed by atoms with van der Waals surface area (Å²) in [5.41, 5.74) is 0.659. The third-order valence-electron chi connectivity index (χ3n) is 3.98. The number of carbonyl (C=O) groups excluding carboxylic acids is 2. The van der Waals surface area contributed by atoms with Gasteiger partial charge in [-0.05, 0) is 30.9 Å². The van der Waals surface area contributed by atoms with Crippen molar-refractivity contribution in [3.63, 3.8) is 0 Å². The van der Waals surface area contributed by atoms with Crippen LogP contribution in [0.1, 0.15) is 39.5 Å². The molecule has 0 spiro atoms. The molecule has 0 heterocycles. The van der Waals surface area contributed by atoms with Crippen LogP contribution in [0.5, 0.6) is 5.75 Å². The molecule has 1 aromatic carbocycles. The average molecular weight is 304 g/mol. The molecule has 1 fully saturated rings. The van der Waals surface area contributed by atoms with Gasteiger partial charge in [-0.1, -0.05) is 25.8 Å². The first-order valence-electron chi connectivity index (χ1n) is 7.84. The van der Waals surface area contributed by atoms with Crippen molar-refractivity contribution in [3.05, 3.63) is 24.3 Å². The topological polar surface area (TPSA) is 67.4 Å². The van der Waals surface area contributed by atoms with Crippen molar-refractivity contribution in [2.45, 2.75) is 45.6 Å². The van der Waals surface area contributed by atoms with Crippen LogP contribution in [-0.2, 0) is 9.59 Å². The number of rotatable bonds is 5. The van der Waals surface area contributed by atoms with Crippen LogP contribution >= 0.6 is 0 Å². The molecule has 1 aromatic rings. The summed E-state index contributed by atoms with van der Waals surface area (Å²) in [7, 11) is 0. The Morgan fingerprint density at radius 2 is 2.05 bits per heavy atom. The Hall–Kier alpha value is -2.04. The van der Waals surface area contributed by atoms with Gasteiger partial charge in [0, 0.05) is 24.7 Å². The molecule has 0 radical (unpaired) electrons. The van der Waals surface area contributed by atoms with Gasteiger partial charge >= 0.3 is 0 Å². The van der Waals surface area contributed by atoms with Crippen molar-refractivity contribution in [2.24, 2.45) is 5.92 Å². The summed E-state index contributed by atoms with van der Waals surface area (Å²) in [6.07, 6.45) is 4.64. The SMILES string of the molecule is CC(=O)Nc1cccc(OCC(=O)N[C@H]2CCCC[C@@H]2C)c1. The monoisotopic (exact) mass is 304 g/mol. The van der Waals surface area contributed by atoms with Crippen LogP contribution in [0.15, 0.2) is 24.3 Å². The van der Waals surface area contributed by atoms with Gasteiger partial charge in [-0.15, -0.1) is 0 Å². The van der Waals surface area contributed by atoms with Gasteiger partial charge in [0.05, 0.1) is 0 Å². The second-order valence-electron chi connectivity index (χ2n) is 5.93. The van der Waals surface area contributed by atoms with Gasteiger partial charge in [-0.3, -0.25) is 9.59 Å². The van der Waals surface area contributed by atoms with Crippen molar-refractivity contribution < 1.29 is 14.3 Å². The lowest BCUT2D eigenvalue weighted by atomic mass is 9.86. The van der Waals surface area contributed by atoms with Crippen LogP contribution in [0, 0.1) is 5.92 Å². The zero-order chi connectivity index (χ0) is 15.9. The van der Waals surface area contributed by atoms with Gasteiger partial charge in [0.25, 0.3) is 5.91 Å². The number of hydrogen-bond acceptors (Lipinski definition) is 3. The van der Waals surface area contributed by atoms with E-state index < -0.39 is 0 Å². The highest BCUT2D eigenvalue weighted by atomic mass is 16.5. The predicted octanol–water partition coefficient (Wildman–Crippen LogP) is 2.72. The van der Waals surface area contributed by atoms with Gasteiger partial charge < -0.3 is 15.4 Å². The normalized spacial score (nSPS) is 21.0. The molecule has 120 valence electrons. The first kappa shape index (κ1) is 16.3. The van der Waals surface area contributed by atoms with Crippen LogP contribution < -0.4 is 15.4 Å². The molecule has 0 saturated heterocycles. The van der Waals surface area contributed by atoms with Crippen molar-refractivity contribution in [1.82, 2.24) is 5.32 Å². The Balaban J connectivity index is 1.81. The summed E-state index contributed by atoms with van der Waals surface area (Å²) in [4.78, 5) is 23.0. The number of anilines is 1. The number of hydrogen-bond donors (Lipinski definition) is 2. The lowest BCUT2D eigenvalue weighted by Crippen LogP contribution is -2.43. The average Bonchev–Trinajstić information content (AvgIpc) is 2.47. The van der Waals surface area contributed by atoms with E-state index in [-0.39, 0.29) is 24.5 Å². The molecule has 1 saturated carbocycles. The van der Waals surface area contributed by atoms with E-state index in [2.05, 4.69) is 17.6 Å². The second-order valence-corrected chi connectivity index (χ2v) is 5.93. The minimum absolute atomic E-state index is 0.00720. The number of carbonyl (C=O) groups is 2. The molecule has 1 aliphatic carbocycles. The summed E-state index contributed by atoms with van der Waals surface area (Å²) >= 11 is 0. The fourth-order valence-corrected chi connectivity index (χ4v) is 2.79. The zero-order valence-corrected chi connectivity index (χ0v) is 13.2. The second kappa shape index (κ2) is 7.82. The minimum atomic E-state index is -0.138. The van der Waals surface area contributed by atoms with Crippen LogP contribution in [-0.4, -0.2) is 24.5 Å². The highest BCUT2D eigenvalue weighted by Gasteiger charge is 2.22. The highest BCUT2D eigenvalue weighted by Crippen LogP contribution is 2.23. The van der Waals surface area contributed by atoms with E-state index in [1.165, 1.54) is 26.2 Å². The maximum Gasteiger partial charge on any atom is 0.258 e. The number of benzene rings is 1. The molecule has 0 aliphatic heterocycles. The summed E-state index contributed by atoms with van der Waals surface area (Å²) in [6, 6.07) is 7.29. The van der Waals surface area contributed by atoms with Crippen molar-refractivity contribution in [3.8, 4) is 5.75 Å². The first-order valence-corrected chi connectivity index (χ1v) is 7.84. The maximum atomic E-state index is 12.0. The predicted molar refractivity (Wildman–Crippen MR) is 85.8 cm³/mol. The molecule has 1 aliphatic rings. The van der Waals surface area contributed by atoms with Crippen LogP contribution in [0.25, 0.3) is 0 Å². The van der Waals surface area contributed by atoms with Crippen molar-refractivity contribution >= 4 is 17.5 Å². The van der Waals surface area contributed by atoms with Gasteiger partial charge in [0.15, 0.2) is 6.61 Å². The minimum Gasteiger partial charge on any atom is -0.484 e. The van der Waals surface area contributed by atoms with E-state index in [1.54, 1.807) is 24.3 Å². The molecule has 0 bridgehead atoms. The first-order chi connectivity index (χ1) is 10.5. The van der Waals surface area contributed by atoms with Crippen LogP contribution in [0.2, 0.25) is 0 Å². The largest absolute Gasteiger partial charge is 0.484 e. The van der Waals surface area contributed by atoms with E-state index in [1.807, 2.05) is 0 Å². The number of nitrogens with one attached hydrogen (secondary N) is 2. The van der Waals surface area contributed by atoms with Crippen molar-refractivity contribution in [1.29, 1.82) is 0 Å².